The normalized spacial score (nSPS) is 11.6. The second-order valence-electron chi connectivity index (χ2n) is 7.19. The Hall–Kier alpha value is -1.78. The van der Waals surface area contributed by atoms with Gasteiger partial charge in [-0.3, -0.25) is 4.68 Å². The van der Waals surface area contributed by atoms with Crippen molar-refractivity contribution in [2.24, 2.45) is 7.05 Å². The summed E-state index contributed by atoms with van der Waals surface area (Å²) in [6, 6.07) is 5.44. The summed E-state index contributed by atoms with van der Waals surface area (Å²) >= 11 is 5.46. The van der Waals surface area contributed by atoms with Crippen molar-refractivity contribution in [2.75, 3.05) is 0 Å². The van der Waals surface area contributed by atoms with Crippen LogP contribution in [0.1, 0.15) is 16.1 Å². The zero-order valence-electron chi connectivity index (χ0n) is 15.8. The van der Waals surface area contributed by atoms with Gasteiger partial charge in [-0.2, -0.15) is 5.10 Å². The molecule has 0 aliphatic rings. The van der Waals surface area contributed by atoms with E-state index in [1.165, 1.54) is 11.9 Å². The number of pyridine rings is 1. The third-order valence-electron chi connectivity index (χ3n) is 3.89. The summed E-state index contributed by atoms with van der Waals surface area (Å²) in [6.45, 7) is 1.89. The Bertz CT molecular complexity index is 994. The molecule has 0 aromatic carbocycles. The molecule has 0 fully saturated rings. The number of hydrogen-bond acceptors (Lipinski definition) is 5. The van der Waals surface area contributed by atoms with Gasteiger partial charge in [0.15, 0.2) is 0 Å². The Labute approximate surface area is 170 Å². The zero-order valence-corrected chi connectivity index (χ0v) is 19.5. The number of rotatable bonds is 5. The first-order chi connectivity index (χ1) is 12.6. The molecule has 0 aliphatic heterocycles. The summed E-state index contributed by atoms with van der Waals surface area (Å²) in [5.41, 5.74) is 1.16. The first-order valence-electron chi connectivity index (χ1n) is 8.35. The monoisotopic (exact) mass is 466 g/mol. The molecular weight excluding hydrogens is 444 g/mol. The molecule has 1 amide bonds. The van der Waals surface area contributed by atoms with Crippen molar-refractivity contribution >= 4 is 47.2 Å². The number of amides is 1. The summed E-state index contributed by atoms with van der Waals surface area (Å²) in [7, 11) is 1.84. The van der Waals surface area contributed by atoms with Crippen LogP contribution in [0.4, 0.5) is 0 Å². The summed E-state index contributed by atoms with van der Waals surface area (Å²) in [5.74, 6) is 7.12. The molecule has 7 nitrogen and oxygen atoms in total. The molecule has 3 heterocycles. The van der Waals surface area contributed by atoms with E-state index in [-0.39, 0.29) is 11.1 Å². The van der Waals surface area contributed by atoms with E-state index in [0.717, 1.165) is 15.1 Å². The molecule has 0 atom stereocenters. The summed E-state index contributed by atoms with van der Waals surface area (Å²) in [6.07, 6.45) is 3.73. The van der Waals surface area contributed by atoms with Crippen molar-refractivity contribution in [3.8, 4) is 5.82 Å². The van der Waals surface area contributed by atoms with Gasteiger partial charge in [-0.05, 0) is 6.92 Å². The van der Waals surface area contributed by atoms with Crippen molar-refractivity contribution in [3.05, 3.63) is 47.0 Å². The van der Waals surface area contributed by atoms with Gasteiger partial charge in [-0.15, -0.1) is 0 Å². The molecule has 10 heteroatoms. The van der Waals surface area contributed by atoms with Crippen LogP contribution in [-0.2, 0) is 7.05 Å². The molecule has 27 heavy (non-hydrogen) atoms. The number of aromatic nitrogens is 5. The maximum absolute atomic E-state index is 12.4. The maximum atomic E-state index is 12.4. The molecule has 142 valence electrons. The number of carbonyl (C=O) groups excluding carboxylic acids is 1. The van der Waals surface area contributed by atoms with Gasteiger partial charge in [0, 0.05) is 7.05 Å². The zero-order chi connectivity index (χ0) is 19.8. The Balaban J connectivity index is 1.75. The molecule has 3 rings (SSSR count). The number of aryl methyl sites for hydroxylation is 2. The van der Waals surface area contributed by atoms with Crippen LogP contribution in [0.15, 0.2) is 35.5 Å². The van der Waals surface area contributed by atoms with E-state index in [2.05, 4.69) is 37.2 Å². The van der Waals surface area contributed by atoms with Crippen molar-refractivity contribution < 1.29 is 4.79 Å². The number of nitrogens with zero attached hydrogens (tertiary/aromatic N) is 5. The summed E-state index contributed by atoms with van der Waals surface area (Å²) in [5, 5.41) is 9.01. The second-order valence-corrected chi connectivity index (χ2v) is 18.9. The number of halogens is 1. The molecule has 0 saturated carbocycles. The van der Waals surface area contributed by atoms with Gasteiger partial charge < -0.3 is 0 Å². The van der Waals surface area contributed by atoms with E-state index in [1.807, 2.05) is 32.4 Å². The van der Waals surface area contributed by atoms with Crippen LogP contribution in [0.25, 0.3) is 5.82 Å². The quantitative estimate of drug-likeness (QED) is 0.356. The number of carbonyl (C=O) groups is 1. The fourth-order valence-corrected chi connectivity index (χ4v) is 5.41. The van der Waals surface area contributed by atoms with Gasteiger partial charge in [0.05, 0.1) is 0 Å². The third kappa shape index (κ3) is 4.56. The fourth-order valence-electron chi connectivity index (χ4n) is 2.41. The van der Waals surface area contributed by atoms with Gasteiger partial charge in [-0.25, -0.2) is 0 Å². The first kappa shape index (κ1) is 20.0. The second kappa shape index (κ2) is 7.69. The van der Waals surface area contributed by atoms with Crippen LogP contribution in [0.5, 0.6) is 0 Å². The van der Waals surface area contributed by atoms with Crippen LogP contribution in [0.3, 0.4) is 0 Å². The van der Waals surface area contributed by atoms with Gasteiger partial charge in [0.1, 0.15) is 0 Å². The SMILES string of the molecule is Cc1nn(C)cc1SNC(=O)c1ccc(-n2cc[c]([Ge]([CH3])([CH3])[CH3])n2)nc1Cl. The Morgan fingerprint density at radius 2 is 1.96 bits per heavy atom. The molecule has 3 aromatic heterocycles. The van der Waals surface area contributed by atoms with Crippen LogP contribution in [0.2, 0.25) is 22.4 Å². The molecule has 0 unspecified atom stereocenters. The predicted octanol–water partition coefficient (Wildman–Crippen LogP) is 2.94. The van der Waals surface area contributed by atoms with Crippen molar-refractivity contribution in [1.29, 1.82) is 0 Å². The molecule has 3 aromatic rings. The van der Waals surface area contributed by atoms with Crippen molar-refractivity contribution in [1.82, 2.24) is 29.3 Å². The topological polar surface area (TPSA) is 77.6 Å². The number of nitrogens with one attached hydrogen (secondary N) is 1. The molecule has 0 aliphatic carbocycles. The van der Waals surface area contributed by atoms with Gasteiger partial charge in [0.25, 0.3) is 0 Å². The molecular formula is C17H21ClGeN6OS. The first-order valence-corrected chi connectivity index (χ1v) is 16.9. The summed E-state index contributed by atoms with van der Waals surface area (Å²) < 4.78 is 7.32. The van der Waals surface area contributed by atoms with Crippen molar-refractivity contribution in [3.63, 3.8) is 0 Å². The Morgan fingerprint density at radius 1 is 1.22 bits per heavy atom. The van der Waals surface area contributed by atoms with E-state index in [1.54, 1.807) is 21.5 Å². The Kier molecular flexibility index (Phi) is 5.69. The van der Waals surface area contributed by atoms with Crippen LogP contribution in [0, 0.1) is 6.92 Å². The Morgan fingerprint density at radius 3 is 2.52 bits per heavy atom. The van der Waals surface area contributed by atoms with E-state index in [4.69, 9.17) is 11.6 Å². The van der Waals surface area contributed by atoms with E-state index in [9.17, 15) is 4.79 Å². The average molecular weight is 466 g/mol. The minimum absolute atomic E-state index is 0.142. The van der Waals surface area contributed by atoms with E-state index < -0.39 is 13.3 Å². The molecule has 0 bridgehead atoms. The van der Waals surface area contributed by atoms with Crippen LogP contribution >= 0.6 is 23.5 Å². The van der Waals surface area contributed by atoms with Crippen LogP contribution in [-0.4, -0.2) is 43.7 Å². The van der Waals surface area contributed by atoms with Crippen LogP contribution < -0.4 is 9.25 Å². The van der Waals surface area contributed by atoms with Crippen molar-refractivity contribution in [2.45, 2.75) is 29.1 Å². The van der Waals surface area contributed by atoms with E-state index in [0.29, 0.717) is 11.4 Å². The standard InChI is InChI=1S/C17H21ClGeN6OS/c1-11-13(10-24(5)21-11)27-23-17(26)12-6-7-15(20-16(12)18)25-9-8-14(22-25)19(2,3)4/h6-10H,1-5H3,(H,23,26). The molecule has 0 radical (unpaired) electrons. The summed E-state index contributed by atoms with van der Waals surface area (Å²) in [4.78, 5) is 17.7. The number of hydrogen-bond donors (Lipinski definition) is 1. The van der Waals surface area contributed by atoms with Gasteiger partial charge >= 0.3 is 147 Å². The fraction of sp³-hybridized carbons (Fsp3) is 0.294. The van der Waals surface area contributed by atoms with Gasteiger partial charge in [0.2, 0.25) is 0 Å². The van der Waals surface area contributed by atoms with E-state index >= 15 is 0 Å². The molecule has 0 spiro atoms. The predicted molar refractivity (Wildman–Crippen MR) is 111 cm³/mol. The average Bonchev–Trinajstić information content (AvgIpc) is 3.19. The third-order valence-corrected chi connectivity index (χ3v) is 8.87. The minimum atomic E-state index is -2.00. The van der Waals surface area contributed by atoms with Gasteiger partial charge in [-0.1, -0.05) is 0 Å². The molecule has 0 saturated heterocycles. The molecule has 1 N–H and O–H groups in total.